The molecule has 37 heavy (non-hydrogen) atoms. The second kappa shape index (κ2) is 10.4. The minimum atomic E-state index is -1.95. The quantitative estimate of drug-likeness (QED) is 0.343. The minimum Gasteiger partial charge on any atom is -0.415 e. The normalized spacial score (nSPS) is 14.1. The van der Waals surface area contributed by atoms with Crippen molar-refractivity contribution in [3.05, 3.63) is 69.6 Å². The molecule has 0 fully saturated rings. The van der Waals surface area contributed by atoms with Gasteiger partial charge in [0.1, 0.15) is 11.2 Å². The van der Waals surface area contributed by atoms with Gasteiger partial charge in [0, 0.05) is 25.8 Å². The molecule has 0 spiro atoms. The summed E-state index contributed by atoms with van der Waals surface area (Å²) in [6.07, 6.45) is 5.17. The minimum absolute atomic E-state index is 0.0383. The van der Waals surface area contributed by atoms with Crippen molar-refractivity contribution < 1.29 is 14.1 Å². The Morgan fingerprint density at radius 1 is 1.22 bits per heavy atom. The van der Waals surface area contributed by atoms with Crippen LogP contribution in [0.2, 0.25) is 18.1 Å². The zero-order valence-corrected chi connectivity index (χ0v) is 23.9. The van der Waals surface area contributed by atoms with E-state index in [1.165, 1.54) is 25.3 Å². The van der Waals surface area contributed by atoms with Gasteiger partial charge in [-0.25, -0.2) is 10.0 Å². The molecule has 1 aliphatic rings. The van der Waals surface area contributed by atoms with E-state index in [0.717, 1.165) is 23.6 Å². The van der Waals surface area contributed by atoms with Gasteiger partial charge in [-0.15, -0.1) is 0 Å². The Labute approximate surface area is 219 Å². The molecule has 8 nitrogen and oxygen atoms in total. The lowest BCUT2D eigenvalue weighted by Gasteiger charge is -2.36. The Hall–Kier alpha value is -3.01. The highest BCUT2D eigenvalue weighted by molar-refractivity contribution is 6.74. The Morgan fingerprint density at radius 3 is 2.46 bits per heavy atom. The van der Waals surface area contributed by atoms with Crippen molar-refractivity contribution in [2.24, 2.45) is 0 Å². The van der Waals surface area contributed by atoms with Gasteiger partial charge in [-0.05, 0) is 48.2 Å². The van der Waals surface area contributed by atoms with Gasteiger partial charge >= 0.3 is 0 Å². The third kappa shape index (κ3) is 5.63. The van der Waals surface area contributed by atoms with Crippen LogP contribution in [0.15, 0.2) is 47.5 Å². The van der Waals surface area contributed by atoms with Crippen molar-refractivity contribution in [2.45, 2.75) is 64.3 Å². The first-order chi connectivity index (χ1) is 17.4. The van der Waals surface area contributed by atoms with E-state index in [-0.39, 0.29) is 22.1 Å². The smallest absolute Gasteiger partial charge is 0.282 e. The summed E-state index contributed by atoms with van der Waals surface area (Å²) in [6.45, 7) is 11.9. The monoisotopic (exact) mass is 522 g/mol. The molecule has 9 heteroatoms. The number of rotatable bonds is 8. The Bertz CT molecular complexity index is 1340. The highest BCUT2D eigenvalue weighted by Gasteiger charge is 2.37. The summed E-state index contributed by atoms with van der Waals surface area (Å²) in [5.74, 6) is -0.502. The molecule has 0 bridgehead atoms. The van der Waals surface area contributed by atoms with Crippen LogP contribution >= 0.6 is 0 Å². The van der Waals surface area contributed by atoms with Gasteiger partial charge in [0.2, 0.25) is 5.43 Å². The standard InChI is InChI=1S/C28H38N4O4Si/c1-28(2,3)37(6,7)36-13-12-32-18-24(27(34)31(4)35-5)25(33)23-16-22(17-29-26(23)32)30-21-14-19-10-8-9-11-20(19)15-21/h8-11,16-18,21,30H,12-15H2,1-7H3. The maximum atomic E-state index is 13.5. The first-order valence-corrected chi connectivity index (χ1v) is 15.6. The van der Waals surface area contributed by atoms with Crippen LogP contribution in [0.1, 0.15) is 42.3 Å². The molecule has 0 aliphatic heterocycles. The number of aromatic nitrogens is 2. The summed E-state index contributed by atoms with van der Waals surface area (Å²) in [5, 5.41) is 5.07. The predicted molar refractivity (Wildman–Crippen MR) is 150 cm³/mol. The van der Waals surface area contributed by atoms with Crippen LogP contribution in [0, 0.1) is 0 Å². The van der Waals surface area contributed by atoms with Crippen LogP contribution in [-0.4, -0.2) is 55.6 Å². The number of hydroxylamine groups is 2. The molecule has 1 N–H and O–H groups in total. The predicted octanol–water partition coefficient (Wildman–Crippen LogP) is 4.63. The lowest BCUT2D eigenvalue weighted by Crippen LogP contribution is -2.41. The van der Waals surface area contributed by atoms with Gasteiger partial charge in [0.15, 0.2) is 8.32 Å². The lowest BCUT2D eigenvalue weighted by molar-refractivity contribution is -0.0758. The highest BCUT2D eigenvalue weighted by atomic mass is 28.4. The van der Waals surface area contributed by atoms with Gasteiger partial charge < -0.3 is 14.3 Å². The summed E-state index contributed by atoms with van der Waals surface area (Å²) >= 11 is 0. The van der Waals surface area contributed by atoms with Gasteiger partial charge in [0.05, 0.1) is 31.0 Å². The molecule has 2 heterocycles. The van der Waals surface area contributed by atoms with Crippen molar-refractivity contribution in [3.63, 3.8) is 0 Å². The van der Waals surface area contributed by atoms with Crippen LogP contribution in [0.5, 0.6) is 0 Å². The number of nitrogens with one attached hydrogen (secondary N) is 1. The number of pyridine rings is 2. The van der Waals surface area contributed by atoms with E-state index in [1.54, 1.807) is 12.4 Å². The summed E-state index contributed by atoms with van der Waals surface area (Å²) in [7, 11) is 0.934. The topological polar surface area (TPSA) is 85.7 Å². The van der Waals surface area contributed by atoms with Crippen LogP contribution < -0.4 is 10.7 Å². The molecule has 3 aromatic rings. The summed E-state index contributed by atoms with van der Waals surface area (Å²) in [4.78, 5) is 36.2. The second-order valence-corrected chi connectivity index (χ2v) is 16.1. The zero-order valence-electron chi connectivity index (χ0n) is 22.9. The number of hydrogen-bond donors (Lipinski definition) is 1. The van der Waals surface area contributed by atoms with Gasteiger partial charge in [-0.1, -0.05) is 45.0 Å². The van der Waals surface area contributed by atoms with Gasteiger partial charge in [0.25, 0.3) is 5.91 Å². The van der Waals surface area contributed by atoms with Crippen molar-refractivity contribution >= 4 is 30.9 Å². The molecule has 1 aliphatic carbocycles. The summed E-state index contributed by atoms with van der Waals surface area (Å²) < 4.78 is 8.21. The fourth-order valence-electron chi connectivity index (χ4n) is 4.44. The number of benzene rings is 1. The van der Waals surface area contributed by atoms with E-state index in [0.29, 0.717) is 24.2 Å². The number of fused-ring (bicyclic) bond motifs is 2. The number of anilines is 1. The SMILES string of the molecule is CON(C)C(=O)c1cn(CCO[Si](C)(C)C(C)(C)C)c2ncc(NC3Cc4ccccc4C3)cc2c1=O. The molecular weight excluding hydrogens is 484 g/mol. The number of hydrogen-bond acceptors (Lipinski definition) is 6. The number of carbonyl (C=O) groups excluding carboxylic acids is 1. The number of amides is 1. The van der Waals surface area contributed by atoms with Crippen LogP contribution in [-0.2, 0) is 28.6 Å². The third-order valence-corrected chi connectivity index (χ3v) is 12.3. The number of carbonyl (C=O) groups is 1. The Kier molecular flexibility index (Phi) is 7.59. The molecule has 0 saturated heterocycles. The molecule has 1 amide bonds. The molecule has 198 valence electrons. The average Bonchev–Trinajstić information content (AvgIpc) is 3.26. The van der Waals surface area contributed by atoms with E-state index in [1.807, 2.05) is 10.6 Å². The number of nitrogens with zero attached hydrogens (tertiary/aromatic N) is 3. The van der Waals surface area contributed by atoms with Crippen molar-refractivity contribution in [1.29, 1.82) is 0 Å². The fourth-order valence-corrected chi connectivity index (χ4v) is 5.48. The van der Waals surface area contributed by atoms with Crippen molar-refractivity contribution in [2.75, 3.05) is 26.1 Å². The van der Waals surface area contributed by atoms with Gasteiger partial charge in [-0.3, -0.25) is 14.4 Å². The van der Waals surface area contributed by atoms with Crippen molar-refractivity contribution in [3.8, 4) is 0 Å². The third-order valence-electron chi connectivity index (χ3n) is 7.73. The molecule has 0 atom stereocenters. The molecule has 1 aromatic carbocycles. The molecule has 0 unspecified atom stereocenters. The molecule has 0 radical (unpaired) electrons. The fraction of sp³-hybridized carbons (Fsp3) is 0.464. The first kappa shape index (κ1) is 27.0. The van der Waals surface area contributed by atoms with E-state index >= 15 is 0 Å². The van der Waals surface area contributed by atoms with Crippen LogP contribution in [0.4, 0.5) is 5.69 Å². The second-order valence-electron chi connectivity index (χ2n) is 11.3. The molecular formula is C28H38N4O4Si. The molecule has 0 saturated carbocycles. The average molecular weight is 523 g/mol. The lowest BCUT2D eigenvalue weighted by atomic mass is 10.1. The van der Waals surface area contributed by atoms with Crippen molar-refractivity contribution in [1.82, 2.24) is 14.6 Å². The molecule has 2 aromatic heterocycles. The van der Waals surface area contributed by atoms with E-state index in [2.05, 4.69) is 68.4 Å². The van der Waals surface area contributed by atoms with Crippen LogP contribution in [0.25, 0.3) is 11.0 Å². The summed E-state index contributed by atoms with van der Waals surface area (Å²) in [6, 6.07) is 10.5. The maximum Gasteiger partial charge on any atom is 0.282 e. The largest absolute Gasteiger partial charge is 0.415 e. The maximum absolute atomic E-state index is 13.5. The Balaban J connectivity index is 1.66. The van der Waals surface area contributed by atoms with E-state index in [9.17, 15) is 9.59 Å². The van der Waals surface area contributed by atoms with Gasteiger partial charge in [-0.2, -0.15) is 0 Å². The first-order valence-electron chi connectivity index (χ1n) is 12.7. The zero-order chi connectivity index (χ0) is 27.0. The molecule has 4 rings (SSSR count). The Morgan fingerprint density at radius 2 is 1.86 bits per heavy atom. The van der Waals surface area contributed by atoms with Crippen LogP contribution in [0.3, 0.4) is 0 Å². The summed E-state index contributed by atoms with van der Waals surface area (Å²) in [5.41, 5.74) is 3.64. The van der Waals surface area contributed by atoms with E-state index in [4.69, 9.17) is 9.26 Å². The van der Waals surface area contributed by atoms with E-state index < -0.39 is 14.2 Å². The highest BCUT2D eigenvalue weighted by Crippen LogP contribution is 2.36.